The van der Waals surface area contributed by atoms with Gasteiger partial charge in [-0.2, -0.15) is 13.2 Å². The Morgan fingerprint density at radius 3 is 1.53 bits per heavy atom. The van der Waals surface area contributed by atoms with Crippen LogP contribution in [0.3, 0.4) is 0 Å². The van der Waals surface area contributed by atoms with E-state index in [4.69, 9.17) is 0 Å². The predicted molar refractivity (Wildman–Crippen MR) is 40.6 cm³/mol. The zero-order chi connectivity index (χ0) is 11.8. The molecule has 15 heavy (non-hydrogen) atoms. The largest absolute Gasteiger partial charge is 0.469 e. The van der Waals surface area contributed by atoms with E-state index in [0.717, 1.165) is 14.2 Å². The number of alkyl halides is 3. The Hall–Kier alpha value is -1.27. The molecule has 4 nitrogen and oxygen atoms in total. The molecule has 3 atom stereocenters. The number of methoxy groups -OCH3 is 2. The Kier molecular flexibility index (Phi) is 2.92. The van der Waals surface area contributed by atoms with E-state index in [0.29, 0.717) is 0 Å². The first-order chi connectivity index (χ1) is 6.84. The zero-order valence-corrected chi connectivity index (χ0v) is 8.00. The van der Waals surface area contributed by atoms with Gasteiger partial charge in [0.1, 0.15) is 0 Å². The first kappa shape index (κ1) is 11.8. The van der Waals surface area contributed by atoms with E-state index >= 15 is 0 Å². The van der Waals surface area contributed by atoms with E-state index in [1.807, 2.05) is 0 Å². The van der Waals surface area contributed by atoms with Crippen molar-refractivity contribution in [1.29, 1.82) is 0 Å². The standard InChI is InChI=1S/C8H9F3O4/c1-14-6(12)3-4(7(13)15-2)5(3)8(9,10)11/h3-5H,1-2H3/t3-,4+,5?. The molecule has 1 aliphatic carbocycles. The van der Waals surface area contributed by atoms with Gasteiger partial charge >= 0.3 is 18.1 Å². The lowest BCUT2D eigenvalue weighted by molar-refractivity contribution is -0.165. The fourth-order valence-corrected chi connectivity index (χ4v) is 1.58. The molecule has 0 radical (unpaired) electrons. The summed E-state index contributed by atoms with van der Waals surface area (Å²) in [5, 5.41) is 0. The number of esters is 2. The lowest BCUT2D eigenvalue weighted by Gasteiger charge is -2.03. The number of carbonyl (C=O) groups is 2. The van der Waals surface area contributed by atoms with E-state index in [-0.39, 0.29) is 0 Å². The maximum atomic E-state index is 12.3. The Morgan fingerprint density at radius 2 is 1.33 bits per heavy atom. The van der Waals surface area contributed by atoms with Crippen LogP contribution in [0, 0.1) is 17.8 Å². The van der Waals surface area contributed by atoms with E-state index < -0.39 is 35.9 Å². The third kappa shape index (κ3) is 2.05. The minimum Gasteiger partial charge on any atom is -0.469 e. The van der Waals surface area contributed by atoms with Gasteiger partial charge in [-0.1, -0.05) is 0 Å². The minimum absolute atomic E-state index is 0.975. The van der Waals surface area contributed by atoms with Crippen molar-refractivity contribution in [3.8, 4) is 0 Å². The van der Waals surface area contributed by atoms with Gasteiger partial charge in [-0.3, -0.25) is 9.59 Å². The molecule has 0 aromatic heterocycles. The number of ether oxygens (including phenoxy) is 2. The summed E-state index contributed by atoms with van der Waals surface area (Å²) in [5.41, 5.74) is 0. The van der Waals surface area contributed by atoms with Gasteiger partial charge in [0, 0.05) is 0 Å². The lowest BCUT2D eigenvalue weighted by atomic mass is 10.3. The fraction of sp³-hybridized carbons (Fsp3) is 0.750. The molecule has 1 saturated carbocycles. The second-order valence-electron chi connectivity index (χ2n) is 3.17. The van der Waals surface area contributed by atoms with Crippen molar-refractivity contribution in [2.75, 3.05) is 14.2 Å². The average molecular weight is 226 g/mol. The summed E-state index contributed by atoms with van der Waals surface area (Å²) in [7, 11) is 1.95. The number of rotatable bonds is 2. The Labute approximate surface area is 83.3 Å². The molecule has 86 valence electrons. The molecule has 0 N–H and O–H groups in total. The molecular formula is C8H9F3O4. The van der Waals surface area contributed by atoms with Crippen LogP contribution >= 0.6 is 0 Å². The van der Waals surface area contributed by atoms with Crippen LogP contribution in [0.1, 0.15) is 0 Å². The van der Waals surface area contributed by atoms with E-state index in [9.17, 15) is 22.8 Å². The van der Waals surface area contributed by atoms with Crippen LogP contribution in [-0.2, 0) is 19.1 Å². The van der Waals surface area contributed by atoms with Gasteiger partial charge in [0.15, 0.2) is 0 Å². The number of hydrogen-bond acceptors (Lipinski definition) is 4. The zero-order valence-electron chi connectivity index (χ0n) is 8.00. The molecule has 0 heterocycles. The van der Waals surface area contributed by atoms with Gasteiger partial charge < -0.3 is 9.47 Å². The van der Waals surface area contributed by atoms with E-state index in [1.165, 1.54) is 0 Å². The fourth-order valence-electron chi connectivity index (χ4n) is 1.58. The number of halogens is 3. The average Bonchev–Trinajstić information content (AvgIpc) is 2.89. The van der Waals surface area contributed by atoms with Gasteiger partial charge in [0.25, 0.3) is 0 Å². The Balaban J connectivity index is 2.80. The smallest absolute Gasteiger partial charge is 0.393 e. The summed E-state index contributed by atoms with van der Waals surface area (Å²) < 4.78 is 45.3. The summed E-state index contributed by atoms with van der Waals surface area (Å²) in [6.45, 7) is 0. The molecule has 0 aromatic carbocycles. The molecular weight excluding hydrogens is 217 g/mol. The molecule has 1 aliphatic rings. The highest BCUT2D eigenvalue weighted by molar-refractivity contribution is 5.88. The summed E-state index contributed by atoms with van der Waals surface area (Å²) in [5.74, 6) is -6.96. The maximum absolute atomic E-state index is 12.3. The third-order valence-electron chi connectivity index (χ3n) is 2.34. The highest BCUT2D eigenvalue weighted by Crippen LogP contribution is 2.56. The van der Waals surface area contributed by atoms with Gasteiger partial charge in [-0.15, -0.1) is 0 Å². The molecule has 0 aromatic rings. The monoisotopic (exact) mass is 226 g/mol. The highest BCUT2D eigenvalue weighted by Gasteiger charge is 2.71. The second kappa shape index (κ2) is 3.71. The Bertz CT molecular complexity index is 264. The maximum Gasteiger partial charge on any atom is 0.393 e. The number of carbonyl (C=O) groups excluding carboxylic acids is 2. The van der Waals surface area contributed by atoms with Crippen LogP contribution in [-0.4, -0.2) is 32.3 Å². The first-order valence-corrected chi connectivity index (χ1v) is 4.07. The van der Waals surface area contributed by atoms with Crippen LogP contribution in [0.15, 0.2) is 0 Å². The normalized spacial score (nSPS) is 29.5. The summed E-state index contributed by atoms with van der Waals surface area (Å²) in [6, 6.07) is 0. The third-order valence-corrected chi connectivity index (χ3v) is 2.34. The van der Waals surface area contributed by atoms with Gasteiger partial charge in [-0.05, 0) is 0 Å². The molecule has 1 unspecified atom stereocenters. The molecule has 1 rings (SSSR count). The molecule has 0 spiro atoms. The topological polar surface area (TPSA) is 52.6 Å². The minimum atomic E-state index is -4.59. The summed E-state index contributed by atoms with van der Waals surface area (Å²) in [6.07, 6.45) is -4.59. The van der Waals surface area contributed by atoms with Crippen LogP contribution < -0.4 is 0 Å². The van der Waals surface area contributed by atoms with Gasteiger partial charge in [0.05, 0.1) is 32.0 Å². The second-order valence-corrected chi connectivity index (χ2v) is 3.17. The lowest BCUT2D eigenvalue weighted by Crippen LogP contribution is -2.17. The van der Waals surface area contributed by atoms with Crippen molar-refractivity contribution in [3.63, 3.8) is 0 Å². The SMILES string of the molecule is COC(=O)[C@@H]1C(C(F)(F)F)[C@@H]1C(=O)OC. The van der Waals surface area contributed by atoms with Crippen LogP contribution in [0.25, 0.3) is 0 Å². The molecule has 0 saturated heterocycles. The predicted octanol–water partition coefficient (Wildman–Crippen LogP) is 0.757. The van der Waals surface area contributed by atoms with Gasteiger partial charge in [-0.25, -0.2) is 0 Å². The molecule has 0 bridgehead atoms. The number of hydrogen-bond donors (Lipinski definition) is 0. The van der Waals surface area contributed by atoms with Crippen LogP contribution in [0.4, 0.5) is 13.2 Å². The van der Waals surface area contributed by atoms with E-state index in [2.05, 4.69) is 9.47 Å². The Morgan fingerprint density at radius 1 is 1.00 bits per heavy atom. The quantitative estimate of drug-likeness (QED) is 0.652. The van der Waals surface area contributed by atoms with Crippen LogP contribution in [0.5, 0.6) is 0 Å². The summed E-state index contributed by atoms with van der Waals surface area (Å²) >= 11 is 0. The molecule has 0 amide bonds. The van der Waals surface area contributed by atoms with Crippen LogP contribution in [0.2, 0.25) is 0 Å². The molecule has 0 aliphatic heterocycles. The van der Waals surface area contributed by atoms with E-state index in [1.54, 1.807) is 0 Å². The summed E-state index contributed by atoms with van der Waals surface area (Å²) in [4.78, 5) is 21.9. The molecule has 7 heteroatoms. The van der Waals surface area contributed by atoms with Crippen molar-refractivity contribution in [1.82, 2.24) is 0 Å². The highest BCUT2D eigenvalue weighted by atomic mass is 19.4. The molecule has 1 fully saturated rings. The van der Waals surface area contributed by atoms with Crippen molar-refractivity contribution in [3.05, 3.63) is 0 Å². The van der Waals surface area contributed by atoms with Crippen molar-refractivity contribution in [2.24, 2.45) is 17.8 Å². The van der Waals surface area contributed by atoms with Crippen molar-refractivity contribution < 1.29 is 32.2 Å². The van der Waals surface area contributed by atoms with Gasteiger partial charge in [0.2, 0.25) is 0 Å². The van der Waals surface area contributed by atoms with Crippen molar-refractivity contribution >= 4 is 11.9 Å². The van der Waals surface area contributed by atoms with Crippen molar-refractivity contribution in [2.45, 2.75) is 6.18 Å². The first-order valence-electron chi connectivity index (χ1n) is 4.07.